The molecule has 1 saturated heterocycles. The zero-order valence-corrected chi connectivity index (χ0v) is 13.5. The lowest BCUT2D eigenvalue weighted by Gasteiger charge is -2.31. The average Bonchev–Trinajstić information content (AvgIpc) is 3.02. The predicted octanol–water partition coefficient (Wildman–Crippen LogP) is 1.68. The third-order valence-corrected chi connectivity index (χ3v) is 4.24. The molecule has 2 aromatic rings. The Balaban J connectivity index is 1.58. The van der Waals surface area contributed by atoms with Crippen molar-refractivity contribution in [1.29, 1.82) is 0 Å². The number of likely N-dealkylation sites (tertiary alicyclic amines) is 1. The summed E-state index contributed by atoms with van der Waals surface area (Å²) in [6, 6.07) is 4.02. The highest BCUT2D eigenvalue weighted by Gasteiger charge is 2.27. The van der Waals surface area contributed by atoms with Crippen molar-refractivity contribution in [2.45, 2.75) is 18.8 Å². The number of benzene rings is 1. The molecule has 0 radical (unpaired) electrons. The van der Waals surface area contributed by atoms with Crippen LogP contribution in [0.25, 0.3) is 0 Å². The van der Waals surface area contributed by atoms with Crippen LogP contribution in [0.5, 0.6) is 5.75 Å². The minimum absolute atomic E-state index is 0.000504. The Kier molecular flexibility index (Phi) is 4.84. The lowest BCUT2D eigenvalue weighted by molar-refractivity contribution is -0.134. The van der Waals surface area contributed by atoms with Gasteiger partial charge in [-0.1, -0.05) is 11.6 Å². The third kappa shape index (κ3) is 3.76. The first-order valence-electron chi connectivity index (χ1n) is 7.53. The number of carbonyl (C=O) groups excluding carboxylic acids is 1. The van der Waals surface area contributed by atoms with E-state index in [9.17, 15) is 14.0 Å². The fourth-order valence-electron chi connectivity index (χ4n) is 2.71. The van der Waals surface area contributed by atoms with Gasteiger partial charge in [0.05, 0.1) is 5.02 Å². The Labute approximate surface area is 141 Å². The maximum absolute atomic E-state index is 13.4. The second-order valence-corrected chi connectivity index (χ2v) is 6.01. The number of aromatic nitrogens is 3. The van der Waals surface area contributed by atoms with E-state index in [0.717, 1.165) is 18.9 Å². The van der Waals surface area contributed by atoms with Gasteiger partial charge in [-0.3, -0.25) is 9.78 Å². The lowest BCUT2D eigenvalue weighted by atomic mass is 9.97. The molecule has 1 aliphatic rings. The minimum Gasteiger partial charge on any atom is -0.484 e. The van der Waals surface area contributed by atoms with E-state index in [1.165, 1.54) is 12.1 Å². The van der Waals surface area contributed by atoms with E-state index in [-0.39, 0.29) is 34.9 Å². The minimum atomic E-state index is -0.595. The molecule has 1 atom stereocenters. The molecule has 128 valence electrons. The molecule has 24 heavy (non-hydrogen) atoms. The molecular weight excluding hydrogens is 339 g/mol. The van der Waals surface area contributed by atoms with Gasteiger partial charge in [0.15, 0.2) is 6.61 Å². The van der Waals surface area contributed by atoms with Crippen molar-refractivity contribution >= 4 is 17.5 Å². The van der Waals surface area contributed by atoms with Gasteiger partial charge in [0.1, 0.15) is 17.4 Å². The SMILES string of the molecule is O=C(COc1ccc(Cl)c(F)c1)N1CCC[C@H](c2n[nH]c(=O)[nH]2)C1. The predicted molar refractivity (Wildman–Crippen MR) is 84.7 cm³/mol. The average molecular weight is 355 g/mol. The van der Waals surface area contributed by atoms with Crippen LogP contribution in [0.4, 0.5) is 4.39 Å². The molecule has 0 bridgehead atoms. The van der Waals surface area contributed by atoms with Gasteiger partial charge in [-0.25, -0.2) is 14.3 Å². The second kappa shape index (κ2) is 7.04. The number of nitrogens with zero attached hydrogens (tertiary/aromatic N) is 2. The Morgan fingerprint density at radius 1 is 1.50 bits per heavy atom. The highest BCUT2D eigenvalue weighted by atomic mass is 35.5. The van der Waals surface area contributed by atoms with Gasteiger partial charge in [-0.05, 0) is 25.0 Å². The summed E-state index contributed by atoms with van der Waals surface area (Å²) in [4.78, 5) is 27.7. The van der Waals surface area contributed by atoms with E-state index >= 15 is 0 Å². The number of H-pyrrole nitrogens is 2. The normalized spacial score (nSPS) is 17.8. The Morgan fingerprint density at radius 3 is 3.04 bits per heavy atom. The summed E-state index contributed by atoms with van der Waals surface area (Å²) in [5, 5.41) is 6.26. The Bertz CT molecular complexity index is 791. The highest BCUT2D eigenvalue weighted by Crippen LogP contribution is 2.24. The van der Waals surface area contributed by atoms with Crippen LogP contribution >= 0.6 is 11.6 Å². The molecule has 2 heterocycles. The number of halogens is 2. The second-order valence-electron chi connectivity index (χ2n) is 5.61. The first-order valence-corrected chi connectivity index (χ1v) is 7.91. The van der Waals surface area contributed by atoms with Gasteiger partial charge in [-0.2, -0.15) is 5.10 Å². The molecule has 0 saturated carbocycles. The van der Waals surface area contributed by atoms with Crippen LogP contribution in [-0.2, 0) is 4.79 Å². The number of amides is 1. The van der Waals surface area contributed by atoms with Crippen LogP contribution < -0.4 is 10.4 Å². The summed E-state index contributed by atoms with van der Waals surface area (Å²) >= 11 is 5.60. The molecule has 1 aromatic carbocycles. The molecule has 1 aromatic heterocycles. The number of ether oxygens (including phenoxy) is 1. The monoisotopic (exact) mass is 354 g/mol. The molecule has 1 fully saturated rings. The van der Waals surface area contributed by atoms with Crippen LogP contribution in [-0.4, -0.2) is 45.7 Å². The van der Waals surface area contributed by atoms with Crippen LogP contribution in [0.15, 0.2) is 23.0 Å². The van der Waals surface area contributed by atoms with E-state index in [4.69, 9.17) is 16.3 Å². The van der Waals surface area contributed by atoms with E-state index in [0.29, 0.717) is 18.9 Å². The van der Waals surface area contributed by atoms with Gasteiger partial charge in [-0.15, -0.1) is 0 Å². The van der Waals surface area contributed by atoms with Crippen molar-refractivity contribution in [3.8, 4) is 5.75 Å². The highest BCUT2D eigenvalue weighted by molar-refractivity contribution is 6.30. The summed E-state index contributed by atoms with van der Waals surface area (Å²) < 4.78 is 18.7. The van der Waals surface area contributed by atoms with Crippen LogP contribution in [0.1, 0.15) is 24.6 Å². The van der Waals surface area contributed by atoms with E-state index in [1.807, 2.05) is 0 Å². The standard InChI is InChI=1S/C15H16ClFN4O3/c16-11-4-3-10(6-12(11)17)24-8-13(22)21-5-1-2-9(7-21)14-18-15(23)20-19-14/h3-4,6,9H,1-2,5,7-8H2,(H2,18,19,20,23)/t9-/m0/s1. The van der Waals surface area contributed by atoms with Crippen molar-refractivity contribution in [1.82, 2.24) is 20.1 Å². The molecule has 2 N–H and O–H groups in total. The summed E-state index contributed by atoms with van der Waals surface area (Å²) in [5.74, 6) is -0.0154. The fraction of sp³-hybridized carbons (Fsp3) is 0.400. The van der Waals surface area contributed by atoms with Gasteiger partial charge in [0.2, 0.25) is 0 Å². The number of hydrogen-bond acceptors (Lipinski definition) is 4. The number of aromatic amines is 2. The van der Waals surface area contributed by atoms with Crippen molar-refractivity contribution in [3.63, 3.8) is 0 Å². The van der Waals surface area contributed by atoms with Gasteiger partial charge in [0, 0.05) is 25.1 Å². The van der Waals surface area contributed by atoms with E-state index in [2.05, 4.69) is 15.2 Å². The van der Waals surface area contributed by atoms with Gasteiger partial charge >= 0.3 is 5.69 Å². The summed E-state index contributed by atoms with van der Waals surface area (Å²) in [6.07, 6.45) is 1.65. The lowest BCUT2D eigenvalue weighted by Crippen LogP contribution is -2.41. The summed E-state index contributed by atoms with van der Waals surface area (Å²) in [5.41, 5.74) is -0.360. The maximum atomic E-state index is 13.4. The van der Waals surface area contributed by atoms with Crippen molar-refractivity contribution in [2.75, 3.05) is 19.7 Å². The number of carbonyl (C=O) groups is 1. The molecule has 0 spiro atoms. The van der Waals surface area contributed by atoms with Crippen LogP contribution in [0, 0.1) is 5.82 Å². The van der Waals surface area contributed by atoms with E-state index in [1.54, 1.807) is 4.90 Å². The first-order chi connectivity index (χ1) is 11.5. The third-order valence-electron chi connectivity index (χ3n) is 3.93. The zero-order chi connectivity index (χ0) is 17.1. The molecule has 1 aliphatic heterocycles. The van der Waals surface area contributed by atoms with Crippen molar-refractivity contribution in [3.05, 3.63) is 45.3 Å². The van der Waals surface area contributed by atoms with Crippen LogP contribution in [0.3, 0.4) is 0 Å². The number of piperidine rings is 1. The topological polar surface area (TPSA) is 91.1 Å². The molecule has 7 nitrogen and oxygen atoms in total. The zero-order valence-electron chi connectivity index (χ0n) is 12.7. The molecule has 9 heteroatoms. The molecular formula is C15H16ClFN4O3. The molecule has 0 unspecified atom stereocenters. The summed E-state index contributed by atoms with van der Waals surface area (Å²) in [6.45, 7) is 0.880. The number of nitrogens with one attached hydrogen (secondary N) is 2. The quantitative estimate of drug-likeness (QED) is 0.873. The number of rotatable bonds is 4. The molecule has 3 rings (SSSR count). The van der Waals surface area contributed by atoms with Gasteiger partial charge < -0.3 is 9.64 Å². The smallest absolute Gasteiger partial charge is 0.340 e. The number of hydrogen-bond donors (Lipinski definition) is 2. The van der Waals surface area contributed by atoms with E-state index < -0.39 is 5.82 Å². The maximum Gasteiger partial charge on any atom is 0.340 e. The van der Waals surface area contributed by atoms with Gasteiger partial charge in [0.25, 0.3) is 5.91 Å². The Morgan fingerprint density at radius 2 is 2.33 bits per heavy atom. The fourth-order valence-corrected chi connectivity index (χ4v) is 2.82. The van der Waals surface area contributed by atoms with Crippen molar-refractivity contribution < 1.29 is 13.9 Å². The molecule has 1 amide bonds. The van der Waals surface area contributed by atoms with Crippen molar-refractivity contribution in [2.24, 2.45) is 0 Å². The van der Waals surface area contributed by atoms with Crippen LogP contribution in [0.2, 0.25) is 5.02 Å². The Hall–Kier alpha value is -2.35. The summed E-state index contributed by atoms with van der Waals surface area (Å²) in [7, 11) is 0. The largest absolute Gasteiger partial charge is 0.484 e. The first kappa shape index (κ1) is 16.5. The molecule has 0 aliphatic carbocycles.